The van der Waals surface area contributed by atoms with Crippen molar-refractivity contribution in [3.63, 3.8) is 0 Å². The van der Waals surface area contributed by atoms with Crippen LogP contribution in [0.25, 0.3) is 0 Å². The number of hydrogen-bond acceptors (Lipinski definition) is 2. The zero-order valence-corrected chi connectivity index (χ0v) is 9.22. The lowest BCUT2D eigenvalue weighted by Gasteiger charge is -2.09. The Morgan fingerprint density at radius 3 is 1.65 bits per heavy atom. The zero-order chi connectivity index (χ0) is 12.3. The van der Waals surface area contributed by atoms with Crippen molar-refractivity contribution in [2.24, 2.45) is 5.73 Å². The Labute approximate surface area is 100.0 Å². The van der Waals surface area contributed by atoms with Gasteiger partial charge >= 0.3 is 0 Å². The van der Waals surface area contributed by atoms with Crippen LogP contribution < -0.4 is 10.5 Å². The highest BCUT2D eigenvalue weighted by Gasteiger charge is 2.26. The molecule has 0 amide bonds. The summed E-state index contributed by atoms with van der Waals surface area (Å²) < 4.78 is 68.2. The van der Waals surface area contributed by atoms with Crippen molar-refractivity contribution in [2.45, 2.75) is 6.42 Å². The van der Waals surface area contributed by atoms with Gasteiger partial charge in [0.15, 0.2) is 5.75 Å². The minimum atomic E-state index is -2.21. The Bertz CT molecular complexity index is 372. The first-order valence-electron chi connectivity index (χ1n) is 4.35. The molecule has 8 heteroatoms. The highest BCUT2D eigenvalue weighted by Crippen LogP contribution is 2.28. The molecule has 0 saturated carbocycles. The Hall–Kier alpha value is -1.08. The minimum Gasteiger partial charge on any atom is -0.487 e. The van der Waals surface area contributed by atoms with Gasteiger partial charge in [0, 0.05) is 0 Å². The number of nitrogens with two attached hydrogens (primary N) is 1. The van der Waals surface area contributed by atoms with Gasteiger partial charge in [-0.05, 0) is 13.0 Å². The molecule has 0 heterocycles. The predicted octanol–water partition coefficient (Wildman–Crippen LogP) is 2.53. The summed E-state index contributed by atoms with van der Waals surface area (Å²) in [5.74, 6) is -11.5. The van der Waals surface area contributed by atoms with Crippen LogP contribution in [0.3, 0.4) is 0 Å². The van der Waals surface area contributed by atoms with Gasteiger partial charge in [-0.2, -0.15) is 8.78 Å². The van der Waals surface area contributed by atoms with Gasteiger partial charge < -0.3 is 10.5 Å². The molecule has 0 bridgehead atoms. The number of hydrogen-bond donors (Lipinski definition) is 1. The fourth-order valence-corrected chi connectivity index (χ4v) is 0.969. The van der Waals surface area contributed by atoms with E-state index in [1.807, 2.05) is 0 Å². The molecule has 0 aliphatic rings. The van der Waals surface area contributed by atoms with Crippen LogP contribution >= 0.6 is 12.4 Å². The van der Waals surface area contributed by atoms with E-state index < -0.39 is 34.8 Å². The summed E-state index contributed by atoms with van der Waals surface area (Å²) in [7, 11) is 0. The van der Waals surface area contributed by atoms with Gasteiger partial charge in [-0.1, -0.05) is 0 Å². The van der Waals surface area contributed by atoms with Gasteiger partial charge in [0.25, 0.3) is 0 Å². The molecule has 0 unspecified atom stereocenters. The summed E-state index contributed by atoms with van der Waals surface area (Å²) in [5, 5.41) is 0. The first kappa shape index (κ1) is 15.9. The molecule has 0 spiro atoms. The average Bonchev–Trinajstić information content (AvgIpc) is 2.28. The SMILES string of the molecule is Cl.NCCCOc1c(F)c(F)c(F)c(F)c1F. The third kappa shape index (κ3) is 3.19. The second kappa shape index (κ2) is 6.61. The fourth-order valence-electron chi connectivity index (χ4n) is 0.969. The van der Waals surface area contributed by atoms with Gasteiger partial charge in [-0.25, -0.2) is 13.2 Å². The molecule has 0 aliphatic carbocycles. The highest BCUT2D eigenvalue weighted by atomic mass is 35.5. The lowest BCUT2D eigenvalue weighted by molar-refractivity contribution is 0.260. The van der Waals surface area contributed by atoms with Gasteiger partial charge in [-0.15, -0.1) is 12.4 Å². The summed E-state index contributed by atoms with van der Waals surface area (Å²) >= 11 is 0. The lowest BCUT2D eigenvalue weighted by atomic mass is 10.2. The van der Waals surface area contributed by atoms with E-state index >= 15 is 0 Å². The van der Waals surface area contributed by atoms with Crippen molar-refractivity contribution in [1.29, 1.82) is 0 Å². The maximum Gasteiger partial charge on any atom is 0.206 e. The summed E-state index contributed by atoms with van der Waals surface area (Å²) in [6, 6.07) is 0. The molecule has 1 aromatic rings. The van der Waals surface area contributed by atoms with Crippen molar-refractivity contribution >= 4 is 12.4 Å². The van der Waals surface area contributed by atoms with Crippen molar-refractivity contribution in [2.75, 3.05) is 13.2 Å². The molecule has 0 saturated heterocycles. The lowest BCUT2D eigenvalue weighted by Crippen LogP contribution is -2.10. The number of ether oxygens (including phenoxy) is 1. The van der Waals surface area contributed by atoms with Crippen molar-refractivity contribution < 1.29 is 26.7 Å². The minimum absolute atomic E-state index is 0. The molecule has 1 rings (SSSR count). The van der Waals surface area contributed by atoms with Crippen LogP contribution in [0.1, 0.15) is 6.42 Å². The Balaban J connectivity index is 0.00000256. The molecular weight excluding hydrogens is 269 g/mol. The molecule has 0 atom stereocenters. The Morgan fingerprint density at radius 1 is 0.824 bits per heavy atom. The molecule has 2 nitrogen and oxygen atoms in total. The first-order chi connectivity index (χ1) is 7.50. The summed E-state index contributed by atoms with van der Waals surface area (Å²) in [5.41, 5.74) is 5.08. The topological polar surface area (TPSA) is 35.2 Å². The standard InChI is InChI=1S/C9H8F5NO.ClH/c10-4-5(11)7(13)9(8(14)6(4)12)16-3-1-2-15;/h1-3,15H2;1H. The van der Waals surface area contributed by atoms with Crippen LogP contribution in [0.5, 0.6) is 5.75 Å². The summed E-state index contributed by atoms with van der Waals surface area (Å²) in [4.78, 5) is 0. The van der Waals surface area contributed by atoms with Crippen LogP contribution in [-0.2, 0) is 0 Å². The van der Waals surface area contributed by atoms with Crippen LogP contribution in [0.15, 0.2) is 0 Å². The van der Waals surface area contributed by atoms with Crippen LogP contribution in [0, 0.1) is 29.1 Å². The predicted molar refractivity (Wildman–Crippen MR) is 52.6 cm³/mol. The maximum absolute atomic E-state index is 13.0. The van der Waals surface area contributed by atoms with Gasteiger partial charge in [0.1, 0.15) is 0 Å². The van der Waals surface area contributed by atoms with Crippen molar-refractivity contribution in [3.8, 4) is 5.75 Å². The molecule has 98 valence electrons. The van der Waals surface area contributed by atoms with E-state index in [0.29, 0.717) is 0 Å². The monoisotopic (exact) mass is 277 g/mol. The van der Waals surface area contributed by atoms with E-state index in [0.717, 1.165) is 0 Å². The van der Waals surface area contributed by atoms with Crippen molar-refractivity contribution in [1.82, 2.24) is 0 Å². The Morgan fingerprint density at radius 2 is 1.24 bits per heavy atom. The second-order valence-electron chi connectivity index (χ2n) is 2.89. The van der Waals surface area contributed by atoms with Gasteiger partial charge in [0.05, 0.1) is 6.61 Å². The zero-order valence-electron chi connectivity index (χ0n) is 8.40. The molecule has 2 N–H and O–H groups in total. The first-order valence-corrected chi connectivity index (χ1v) is 4.35. The quantitative estimate of drug-likeness (QED) is 0.397. The molecule has 0 fully saturated rings. The average molecular weight is 278 g/mol. The third-order valence-electron chi connectivity index (χ3n) is 1.76. The van der Waals surface area contributed by atoms with E-state index in [9.17, 15) is 22.0 Å². The third-order valence-corrected chi connectivity index (χ3v) is 1.76. The second-order valence-corrected chi connectivity index (χ2v) is 2.89. The van der Waals surface area contributed by atoms with Crippen LogP contribution in [0.4, 0.5) is 22.0 Å². The number of halogens is 6. The van der Waals surface area contributed by atoms with E-state index in [1.165, 1.54) is 0 Å². The largest absolute Gasteiger partial charge is 0.487 e. The molecule has 17 heavy (non-hydrogen) atoms. The van der Waals surface area contributed by atoms with Crippen LogP contribution in [0.2, 0.25) is 0 Å². The molecule has 0 aliphatic heterocycles. The van der Waals surface area contributed by atoms with E-state index in [4.69, 9.17) is 5.73 Å². The van der Waals surface area contributed by atoms with Crippen LogP contribution in [-0.4, -0.2) is 13.2 Å². The summed E-state index contributed by atoms with van der Waals surface area (Å²) in [6.45, 7) is -0.0513. The highest BCUT2D eigenvalue weighted by molar-refractivity contribution is 5.85. The molecule has 1 aromatic carbocycles. The molecule has 0 aromatic heterocycles. The number of benzene rings is 1. The Kier molecular flexibility index (Phi) is 6.19. The van der Waals surface area contributed by atoms with E-state index in [1.54, 1.807) is 0 Å². The number of rotatable bonds is 4. The smallest absolute Gasteiger partial charge is 0.206 e. The van der Waals surface area contributed by atoms with Crippen molar-refractivity contribution in [3.05, 3.63) is 29.1 Å². The summed E-state index contributed by atoms with van der Waals surface area (Å²) in [6.07, 6.45) is 0.236. The molecular formula is C9H9ClF5NO. The van der Waals surface area contributed by atoms with Gasteiger partial charge in [0.2, 0.25) is 29.1 Å². The molecule has 0 radical (unpaired) electrons. The van der Waals surface area contributed by atoms with E-state index in [-0.39, 0.29) is 32.0 Å². The normalized spacial score (nSPS) is 10.0. The van der Waals surface area contributed by atoms with Gasteiger partial charge in [-0.3, -0.25) is 0 Å². The fraction of sp³-hybridized carbons (Fsp3) is 0.333. The maximum atomic E-state index is 13.0. The van der Waals surface area contributed by atoms with E-state index in [2.05, 4.69) is 4.74 Å².